The lowest BCUT2D eigenvalue weighted by molar-refractivity contribution is -0.108. The second-order valence-corrected chi connectivity index (χ2v) is 7.50. The van der Waals surface area contributed by atoms with Crippen molar-refractivity contribution in [2.24, 2.45) is 0 Å². The molecule has 2 aromatic carbocycles. The number of fused-ring (bicyclic) bond motifs is 1. The van der Waals surface area contributed by atoms with E-state index in [-0.39, 0.29) is 12.5 Å². The van der Waals surface area contributed by atoms with E-state index in [4.69, 9.17) is 4.74 Å². The molecular formula is C23H23N5O4. The average molecular weight is 433 g/mol. The third-order valence-corrected chi connectivity index (χ3v) is 5.42. The normalized spacial score (nSPS) is 13.4. The maximum Gasteiger partial charge on any atom is 0.321 e. The highest BCUT2D eigenvalue weighted by atomic mass is 16.5. The number of H-pyrrole nitrogens is 1. The number of nitrogens with one attached hydrogen (secondary N) is 3. The van der Waals surface area contributed by atoms with E-state index in [1.165, 1.54) is 0 Å². The van der Waals surface area contributed by atoms with E-state index in [0.717, 1.165) is 28.2 Å². The molecule has 1 aromatic heterocycles. The number of benzene rings is 2. The van der Waals surface area contributed by atoms with Gasteiger partial charge in [0, 0.05) is 18.7 Å². The van der Waals surface area contributed by atoms with E-state index in [1.807, 2.05) is 43.3 Å². The molecule has 4 rings (SSSR count). The highest BCUT2D eigenvalue weighted by molar-refractivity contribution is 5.98. The fourth-order valence-corrected chi connectivity index (χ4v) is 3.79. The van der Waals surface area contributed by atoms with Crippen molar-refractivity contribution in [1.82, 2.24) is 25.5 Å². The molecule has 0 radical (unpaired) electrons. The van der Waals surface area contributed by atoms with Gasteiger partial charge in [-0.1, -0.05) is 30.3 Å². The Labute approximate surface area is 184 Å². The minimum atomic E-state index is -0.635. The van der Waals surface area contributed by atoms with Crippen molar-refractivity contribution >= 4 is 18.3 Å². The van der Waals surface area contributed by atoms with Gasteiger partial charge in [0.05, 0.1) is 25.0 Å². The molecule has 0 aliphatic carbocycles. The third-order valence-electron chi connectivity index (χ3n) is 5.42. The highest BCUT2D eigenvalue weighted by Gasteiger charge is 2.30. The van der Waals surface area contributed by atoms with Gasteiger partial charge in [-0.15, -0.1) is 0 Å². The predicted molar refractivity (Wildman–Crippen MR) is 117 cm³/mol. The van der Waals surface area contributed by atoms with E-state index in [0.29, 0.717) is 24.3 Å². The summed E-state index contributed by atoms with van der Waals surface area (Å²) >= 11 is 0. The summed E-state index contributed by atoms with van der Waals surface area (Å²) in [5.74, 6) is 1.30. The summed E-state index contributed by atoms with van der Waals surface area (Å²) in [6.07, 6.45) is 2.07. The first-order valence-electron chi connectivity index (χ1n) is 10.1. The molecule has 1 aliphatic rings. The number of aromatic amines is 1. The molecule has 0 bridgehead atoms. The van der Waals surface area contributed by atoms with Crippen LogP contribution in [0, 0.1) is 6.92 Å². The van der Waals surface area contributed by atoms with Gasteiger partial charge in [0.2, 0.25) is 6.41 Å². The van der Waals surface area contributed by atoms with E-state index < -0.39 is 12.1 Å². The van der Waals surface area contributed by atoms with Crippen molar-refractivity contribution in [1.29, 1.82) is 0 Å². The van der Waals surface area contributed by atoms with E-state index in [2.05, 4.69) is 20.6 Å². The maximum atomic E-state index is 13.0. The number of ether oxygens (including phenoxy) is 1. The van der Waals surface area contributed by atoms with Gasteiger partial charge in [-0.3, -0.25) is 14.9 Å². The lowest BCUT2D eigenvalue weighted by Gasteiger charge is -2.25. The lowest BCUT2D eigenvalue weighted by Crippen LogP contribution is -2.42. The summed E-state index contributed by atoms with van der Waals surface area (Å²) in [7, 11) is 1.55. The SMILES string of the molecule is COc1ccc2c(c1)C(=O)N(C[C@H](NC(=O)NC=O)c1ccc(-c3cnc(C)[nH]3)cc1)C2. The molecule has 9 heteroatoms. The molecule has 9 nitrogen and oxygen atoms in total. The largest absolute Gasteiger partial charge is 0.497 e. The van der Waals surface area contributed by atoms with Crippen LogP contribution in [0.1, 0.15) is 33.4 Å². The summed E-state index contributed by atoms with van der Waals surface area (Å²) in [5, 5.41) is 4.86. The molecule has 164 valence electrons. The fraction of sp³-hybridized carbons (Fsp3) is 0.217. The smallest absolute Gasteiger partial charge is 0.321 e. The van der Waals surface area contributed by atoms with Crippen LogP contribution < -0.4 is 15.4 Å². The molecular weight excluding hydrogens is 410 g/mol. The monoisotopic (exact) mass is 433 g/mol. The third kappa shape index (κ3) is 4.31. The number of aryl methyl sites for hydroxylation is 1. The second-order valence-electron chi connectivity index (χ2n) is 7.50. The Balaban J connectivity index is 1.56. The van der Waals surface area contributed by atoms with Crippen LogP contribution in [0.4, 0.5) is 4.79 Å². The number of urea groups is 1. The van der Waals surface area contributed by atoms with Gasteiger partial charge in [0.15, 0.2) is 0 Å². The number of aromatic nitrogens is 2. The Bertz CT molecular complexity index is 1160. The van der Waals surface area contributed by atoms with Crippen LogP contribution in [0.2, 0.25) is 0 Å². The summed E-state index contributed by atoms with van der Waals surface area (Å²) in [6.45, 7) is 2.55. The molecule has 0 unspecified atom stereocenters. The number of methoxy groups -OCH3 is 1. The number of amides is 4. The average Bonchev–Trinajstić information content (AvgIpc) is 3.36. The molecule has 3 aromatic rings. The Morgan fingerprint density at radius 3 is 2.72 bits per heavy atom. The van der Waals surface area contributed by atoms with Gasteiger partial charge in [0.1, 0.15) is 11.6 Å². The zero-order valence-electron chi connectivity index (χ0n) is 17.7. The minimum Gasteiger partial charge on any atom is -0.497 e. The van der Waals surface area contributed by atoms with Crippen molar-refractivity contribution in [2.45, 2.75) is 19.5 Å². The Morgan fingerprint density at radius 1 is 1.28 bits per heavy atom. The standard InChI is InChI=1S/C23H23N5O4/c1-14-24-10-20(26-14)15-3-5-16(6-4-15)21(27-23(31)25-13-29)12-28-11-17-7-8-18(32-2)9-19(17)22(28)30/h3-10,13,21H,11-12H2,1-2H3,(H,24,26)(H2,25,27,29,31)/t21-/m0/s1. The number of carbonyl (C=O) groups excluding carboxylic acids is 3. The summed E-state index contributed by atoms with van der Waals surface area (Å²) in [4.78, 5) is 44.8. The van der Waals surface area contributed by atoms with Crippen LogP contribution in [0.5, 0.6) is 5.75 Å². The number of carbonyl (C=O) groups is 3. The molecule has 2 heterocycles. The van der Waals surface area contributed by atoms with Gasteiger partial charge in [-0.05, 0) is 35.7 Å². The minimum absolute atomic E-state index is 0.133. The van der Waals surface area contributed by atoms with Crippen LogP contribution in [0.15, 0.2) is 48.7 Å². The molecule has 1 aliphatic heterocycles. The van der Waals surface area contributed by atoms with Crippen molar-refractivity contribution in [2.75, 3.05) is 13.7 Å². The molecule has 4 amide bonds. The predicted octanol–water partition coefficient (Wildman–Crippen LogP) is 2.55. The fourth-order valence-electron chi connectivity index (χ4n) is 3.79. The van der Waals surface area contributed by atoms with Gasteiger partial charge < -0.3 is 19.9 Å². The summed E-state index contributed by atoms with van der Waals surface area (Å²) in [5.41, 5.74) is 4.12. The van der Waals surface area contributed by atoms with Crippen molar-refractivity contribution in [3.05, 3.63) is 71.2 Å². The van der Waals surface area contributed by atoms with Crippen LogP contribution in [-0.4, -0.2) is 46.9 Å². The van der Waals surface area contributed by atoms with E-state index in [1.54, 1.807) is 24.3 Å². The van der Waals surface area contributed by atoms with Gasteiger partial charge in [-0.25, -0.2) is 9.78 Å². The first kappa shape index (κ1) is 21.1. The van der Waals surface area contributed by atoms with Crippen LogP contribution in [-0.2, 0) is 11.3 Å². The molecule has 0 fully saturated rings. The maximum absolute atomic E-state index is 13.0. The van der Waals surface area contributed by atoms with E-state index >= 15 is 0 Å². The van der Waals surface area contributed by atoms with Crippen LogP contribution in [0.25, 0.3) is 11.3 Å². The molecule has 0 spiro atoms. The zero-order valence-corrected chi connectivity index (χ0v) is 17.7. The van der Waals surface area contributed by atoms with E-state index in [9.17, 15) is 14.4 Å². The number of hydrogen-bond acceptors (Lipinski definition) is 5. The topological polar surface area (TPSA) is 116 Å². The Morgan fingerprint density at radius 2 is 2.06 bits per heavy atom. The van der Waals surface area contributed by atoms with Crippen molar-refractivity contribution in [3.63, 3.8) is 0 Å². The van der Waals surface area contributed by atoms with Gasteiger partial charge in [0.25, 0.3) is 5.91 Å². The number of imidazole rings is 1. The molecule has 3 N–H and O–H groups in total. The van der Waals surface area contributed by atoms with Crippen LogP contribution >= 0.6 is 0 Å². The molecule has 1 atom stereocenters. The summed E-state index contributed by atoms with van der Waals surface area (Å²) < 4.78 is 5.23. The zero-order chi connectivity index (χ0) is 22.7. The molecule has 0 saturated carbocycles. The highest BCUT2D eigenvalue weighted by Crippen LogP contribution is 2.29. The molecule has 0 saturated heterocycles. The number of nitrogens with zero attached hydrogens (tertiary/aromatic N) is 2. The first-order chi connectivity index (χ1) is 15.5. The van der Waals surface area contributed by atoms with Gasteiger partial charge >= 0.3 is 6.03 Å². The number of rotatable bonds is 7. The Hall–Kier alpha value is -4.14. The molecule has 32 heavy (non-hydrogen) atoms. The second kappa shape index (κ2) is 8.93. The van der Waals surface area contributed by atoms with Crippen LogP contribution in [0.3, 0.4) is 0 Å². The summed E-state index contributed by atoms with van der Waals surface area (Å²) in [6, 6.07) is 11.9. The Kier molecular flexibility index (Phi) is 5.89. The van der Waals surface area contributed by atoms with Gasteiger partial charge in [-0.2, -0.15) is 0 Å². The van der Waals surface area contributed by atoms with Crippen molar-refractivity contribution in [3.8, 4) is 17.0 Å². The number of imide groups is 1. The van der Waals surface area contributed by atoms with Crippen molar-refractivity contribution < 1.29 is 19.1 Å². The number of hydrogen-bond donors (Lipinski definition) is 3. The quantitative estimate of drug-likeness (QED) is 0.495. The lowest BCUT2D eigenvalue weighted by atomic mass is 10.0. The first-order valence-corrected chi connectivity index (χ1v) is 10.1.